The van der Waals surface area contributed by atoms with Gasteiger partial charge in [0, 0.05) is 4.32 Å². The van der Waals surface area contributed by atoms with Crippen molar-refractivity contribution in [2.75, 3.05) is 0 Å². The van der Waals surface area contributed by atoms with E-state index in [1.165, 1.54) is 53.3 Å². The first kappa shape index (κ1) is 8.61. The zero-order chi connectivity index (χ0) is 10.7. The van der Waals surface area contributed by atoms with Crippen LogP contribution in [0.1, 0.15) is 32.1 Å². The molecule has 0 heterocycles. The van der Waals surface area contributed by atoms with Crippen LogP contribution in [0.25, 0.3) is 0 Å². The fraction of sp³-hybridized carbons (Fsp3) is 1.00. The van der Waals surface area contributed by atoms with Crippen molar-refractivity contribution in [2.24, 2.45) is 58.7 Å². The second kappa shape index (κ2) is 2.00. The van der Waals surface area contributed by atoms with Gasteiger partial charge >= 0.3 is 0 Å². The van der Waals surface area contributed by atoms with Crippen LogP contribution in [-0.4, -0.2) is 4.32 Å². The summed E-state index contributed by atoms with van der Waals surface area (Å²) in [7, 11) is 0. The van der Waals surface area contributed by atoms with Crippen LogP contribution in [0.5, 0.6) is 0 Å². The summed E-state index contributed by atoms with van der Waals surface area (Å²) in [4.78, 5) is 0. The van der Waals surface area contributed by atoms with Crippen LogP contribution in [0.4, 0.5) is 0 Å². The third kappa shape index (κ3) is 0.576. The predicted molar refractivity (Wildman–Crippen MR) is 68.6 cm³/mol. The third-order valence-corrected chi connectivity index (χ3v) is 10.1. The molecule has 9 rings (SSSR count). The summed E-state index contributed by atoms with van der Waals surface area (Å²) in [5.41, 5.74) is 0.892. The van der Waals surface area contributed by atoms with Crippen LogP contribution in [-0.2, 0) is 0 Å². The summed E-state index contributed by atoms with van der Waals surface area (Å²) in [6.45, 7) is 0. The maximum Gasteiger partial charge on any atom is 0.0269 e. The van der Waals surface area contributed by atoms with E-state index in [0.717, 1.165) is 5.41 Å². The minimum Gasteiger partial charge on any atom is -0.0853 e. The van der Waals surface area contributed by atoms with Crippen LogP contribution in [0.2, 0.25) is 0 Å². The van der Waals surface area contributed by atoms with E-state index in [1.807, 2.05) is 0 Å². The van der Waals surface area contributed by atoms with Gasteiger partial charge in [0.2, 0.25) is 0 Å². The molecular weight excluding hydrogens is 272 g/mol. The lowest BCUT2D eigenvalue weighted by Crippen LogP contribution is -2.76. The fourth-order valence-electron chi connectivity index (χ4n) is 9.82. The second-order valence-electron chi connectivity index (χ2n) is 8.93. The molecule has 0 N–H and O–H groups in total. The molecule has 0 aliphatic heterocycles. The van der Waals surface area contributed by atoms with E-state index in [2.05, 4.69) is 15.9 Å². The molecule has 0 aromatic rings. The number of rotatable bonds is 0. The van der Waals surface area contributed by atoms with Crippen LogP contribution in [0, 0.1) is 58.7 Å². The van der Waals surface area contributed by atoms with E-state index < -0.39 is 0 Å². The maximum absolute atomic E-state index is 4.21. The van der Waals surface area contributed by atoms with Gasteiger partial charge in [-0.15, -0.1) is 0 Å². The average molecular weight is 291 g/mol. The average Bonchev–Trinajstić information content (AvgIpc) is 2.74. The van der Waals surface area contributed by atoms with Gasteiger partial charge in [0.05, 0.1) is 0 Å². The number of halogens is 1. The zero-order valence-corrected chi connectivity index (χ0v) is 11.7. The van der Waals surface area contributed by atoms with Gasteiger partial charge < -0.3 is 0 Å². The summed E-state index contributed by atoms with van der Waals surface area (Å²) < 4.78 is 0.615. The molecule has 6 atom stereocenters. The Kier molecular flexibility index (Phi) is 1.01. The van der Waals surface area contributed by atoms with Gasteiger partial charge in [0.25, 0.3) is 0 Å². The van der Waals surface area contributed by atoms with Gasteiger partial charge in [-0.25, -0.2) is 0 Å². The van der Waals surface area contributed by atoms with Gasteiger partial charge in [-0.2, -0.15) is 0 Å². The molecule has 0 radical (unpaired) electrons. The van der Waals surface area contributed by atoms with Crippen LogP contribution in [0.3, 0.4) is 0 Å². The highest BCUT2D eigenvalue weighted by molar-refractivity contribution is 9.10. The molecule has 1 heteroatoms. The van der Waals surface area contributed by atoms with Crippen LogP contribution >= 0.6 is 15.9 Å². The molecule has 17 heavy (non-hydrogen) atoms. The van der Waals surface area contributed by atoms with Crippen LogP contribution < -0.4 is 0 Å². The largest absolute Gasteiger partial charge is 0.0853 e. The van der Waals surface area contributed by atoms with E-state index in [4.69, 9.17) is 0 Å². The maximum atomic E-state index is 4.21. The van der Waals surface area contributed by atoms with Gasteiger partial charge in [-0.1, -0.05) is 15.9 Å². The molecular formula is C16H19Br. The minimum absolute atomic E-state index is 0.615. The molecule has 9 aliphatic carbocycles. The molecule has 9 fully saturated rings. The molecule has 90 valence electrons. The Balaban J connectivity index is 1.60. The predicted octanol–water partition coefficient (Wildman–Crippen LogP) is 3.70. The first-order chi connectivity index (χ1) is 8.22. The third-order valence-electron chi connectivity index (χ3n) is 9.17. The first-order valence-electron chi connectivity index (χ1n) is 7.91. The summed E-state index contributed by atoms with van der Waals surface area (Å²) in [6, 6.07) is 0. The molecule has 9 aliphatic rings. The molecule has 9 bridgehead atoms. The summed E-state index contributed by atoms with van der Waals surface area (Å²) in [6.07, 6.45) is 8.07. The fourth-order valence-corrected chi connectivity index (χ4v) is 11.1. The molecule has 9 saturated carbocycles. The smallest absolute Gasteiger partial charge is 0.0269 e. The van der Waals surface area contributed by atoms with Crippen molar-refractivity contribution >= 4 is 15.9 Å². The molecule has 0 amide bonds. The monoisotopic (exact) mass is 290 g/mol. The molecule has 1 spiro atoms. The molecule has 0 nitrogen and oxygen atoms in total. The summed E-state index contributed by atoms with van der Waals surface area (Å²) in [5.74, 6) is 11.0. The van der Waals surface area contributed by atoms with Crippen molar-refractivity contribution in [2.45, 2.75) is 36.4 Å². The van der Waals surface area contributed by atoms with Crippen molar-refractivity contribution in [3.8, 4) is 0 Å². The van der Waals surface area contributed by atoms with Gasteiger partial charge in [-0.05, 0) is 90.8 Å². The standard InChI is InChI=1S/C16H19Br/c17-15-2-8-6-1-7-11-10-4-16(5-15,13(8)11)14(12(7)10)9(6)3-15/h6-14H,1-5H2. The normalized spacial score (nSPS) is 87.0. The van der Waals surface area contributed by atoms with E-state index >= 15 is 0 Å². The number of hydrogen-bond donors (Lipinski definition) is 0. The number of hydrogen-bond acceptors (Lipinski definition) is 0. The Bertz CT molecular complexity index is 452. The number of alkyl halides is 1. The van der Waals surface area contributed by atoms with Crippen LogP contribution in [0.15, 0.2) is 0 Å². The Hall–Kier alpha value is 0.480. The lowest BCUT2D eigenvalue weighted by atomic mass is 9.26. The van der Waals surface area contributed by atoms with Crippen molar-refractivity contribution in [1.82, 2.24) is 0 Å². The van der Waals surface area contributed by atoms with E-state index in [9.17, 15) is 0 Å². The van der Waals surface area contributed by atoms with Crippen molar-refractivity contribution in [3.63, 3.8) is 0 Å². The highest BCUT2D eigenvalue weighted by Crippen LogP contribution is 2.92. The quantitative estimate of drug-likeness (QED) is 0.597. The summed E-state index contributed by atoms with van der Waals surface area (Å²) in [5, 5.41) is 0. The molecule has 6 unspecified atom stereocenters. The molecule has 0 aromatic carbocycles. The Morgan fingerprint density at radius 3 is 2.18 bits per heavy atom. The highest BCUT2D eigenvalue weighted by atomic mass is 79.9. The highest BCUT2D eigenvalue weighted by Gasteiger charge is 2.86. The Labute approximate surface area is 111 Å². The van der Waals surface area contributed by atoms with Crippen molar-refractivity contribution in [3.05, 3.63) is 0 Å². The zero-order valence-electron chi connectivity index (χ0n) is 10.1. The second-order valence-corrected chi connectivity index (χ2v) is 10.6. The lowest BCUT2D eigenvalue weighted by Gasteiger charge is -2.80. The Morgan fingerprint density at radius 1 is 0.765 bits per heavy atom. The lowest BCUT2D eigenvalue weighted by molar-refractivity contribution is -0.306. The van der Waals surface area contributed by atoms with Gasteiger partial charge in [-0.3, -0.25) is 0 Å². The minimum atomic E-state index is 0.615. The SMILES string of the molecule is BrC12CC3C4CC5C6C7CC(C1)(C36)C(C4C2)C57. The van der Waals surface area contributed by atoms with Gasteiger partial charge in [0.15, 0.2) is 0 Å². The summed E-state index contributed by atoms with van der Waals surface area (Å²) >= 11 is 4.21. The van der Waals surface area contributed by atoms with E-state index in [-0.39, 0.29) is 0 Å². The van der Waals surface area contributed by atoms with Crippen molar-refractivity contribution < 1.29 is 0 Å². The first-order valence-corrected chi connectivity index (χ1v) is 8.70. The molecule has 0 aromatic heterocycles. The van der Waals surface area contributed by atoms with Gasteiger partial charge in [0.1, 0.15) is 0 Å². The van der Waals surface area contributed by atoms with E-state index in [0.29, 0.717) is 4.32 Å². The molecule has 0 saturated heterocycles. The van der Waals surface area contributed by atoms with E-state index in [1.54, 1.807) is 32.1 Å². The Morgan fingerprint density at radius 2 is 1.47 bits per heavy atom. The van der Waals surface area contributed by atoms with Crippen molar-refractivity contribution in [1.29, 1.82) is 0 Å². The topological polar surface area (TPSA) is 0 Å².